The van der Waals surface area contributed by atoms with Crippen molar-refractivity contribution in [3.8, 4) is 0 Å². The number of halogens is 4. The quantitative estimate of drug-likeness (QED) is 0.471. The van der Waals surface area contributed by atoms with Crippen molar-refractivity contribution in [2.24, 2.45) is 0 Å². The van der Waals surface area contributed by atoms with E-state index in [4.69, 9.17) is 11.6 Å². The fraction of sp³-hybridized carbons (Fsp3) is 0.238. The van der Waals surface area contributed by atoms with Gasteiger partial charge in [-0.25, -0.2) is 9.50 Å². The number of nitrogens with zero attached hydrogens (tertiary/aromatic N) is 5. The van der Waals surface area contributed by atoms with Gasteiger partial charge < -0.3 is 5.32 Å². The molecule has 0 radical (unpaired) electrons. The first-order chi connectivity index (χ1) is 15.0. The molecule has 4 aromatic rings. The highest BCUT2D eigenvalue weighted by molar-refractivity contribution is 6.30. The number of hydrogen-bond donors (Lipinski definition) is 1. The zero-order chi connectivity index (χ0) is 23.2. The van der Waals surface area contributed by atoms with Gasteiger partial charge in [-0.2, -0.15) is 23.4 Å². The first-order valence-corrected chi connectivity index (χ1v) is 9.95. The summed E-state index contributed by atoms with van der Waals surface area (Å²) < 4.78 is 42.4. The second-order valence-electron chi connectivity index (χ2n) is 7.37. The highest BCUT2D eigenvalue weighted by Crippen LogP contribution is 2.30. The molecular weight excluding hydrogens is 445 g/mol. The van der Waals surface area contributed by atoms with E-state index in [0.29, 0.717) is 33.2 Å². The van der Waals surface area contributed by atoms with Crippen molar-refractivity contribution in [1.82, 2.24) is 24.4 Å². The Balaban J connectivity index is 1.63. The second-order valence-corrected chi connectivity index (χ2v) is 7.80. The van der Waals surface area contributed by atoms with Crippen LogP contribution in [0.1, 0.15) is 38.8 Å². The van der Waals surface area contributed by atoms with E-state index in [1.165, 1.54) is 13.0 Å². The molecule has 4 rings (SSSR count). The number of benzene rings is 1. The summed E-state index contributed by atoms with van der Waals surface area (Å²) in [5.41, 5.74) is 1.57. The van der Waals surface area contributed by atoms with Crippen molar-refractivity contribution >= 4 is 28.8 Å². The number of amides is 1. The molecule has 0 unspecified atom stereocenters. The topological polar surface area (TPSA) is 77.1 Å². The number of aromatic nitrogens is 5. The zero-order valence-corrected chi connectivity index (χ0v) is 18.1. The number of fused-ring (bicyclic) bond motifs is 1. The Hall–Kier alpha value is -3.40. The van der Waals surface area contributed by atoms with E-state index in [-0.39, 0.29) is 17.0 Å². The summed E-state index contributed by atoms with van der Waals surface area (Å²) in [5.74, 6) is -0.658. The molecule has 1 amide bonds. The van der Waals surface area contributed by atoms with Crippen LogP contribution in [0.5, 0.6) is 0 Å². The minimum Gasteiger partial charge on any atom is -0.317 e. The summed E-state index contributed by atoms with van der Waals surface area (Å²) in [7, 11) is 0. The molecule has 0 saturated carbocycles. The third-order valence-electron chi connectivity index (χ3n) is 4.92. The lowest BCUT2D eigenvalue weighted by Gasteiger charge is -2.09. The smallest absolute Gasteiger partial charge is 0.317 e. The van der Waals surface area contributed by atoms with Crippen molar-refractivity contribution in [1.29, 1.82) is 0 Å². The summed E-state index contributed by atoms with van der Waals surface area (Å²) in [6.07, 6.45) is -4.64. The average molecular weight is 463 g/mol. The SMILES string of the molecule is Cc1cc(C(F)(F)F)n2nc(C(=O)Nc3c(C)nn(Cc4cccc(Cl)c4)c3C)cc2n1. The molecule has 0 spiro atoms. The van der Waals surface area contributed by atoms with Gasteiger partial charge in [0, 0.05) is 16.8 Å². The summed E-state index contributed by atoms with van der Waals surface area (Å²) in [6, 6.07) is 9.44. The molecule has 0 aliphatic rings. The Morgan fingerprint density at radius 2 is 1.88 bits per heavy atom. The normalized spacial score (nSPS) is 11.8. The van der Waals surface area contributed by atoms with Gasteiger partial charge in [-0.3, -0.25) is 9.48 Å². The van der Waals surface area contributed by atoms with Gasteiger partial charge >= 0.3 is 6.18 Å². The van der Waals surface area contributed by atoms with Gasteiger partial charge in [0.1, 0.15) is 5.69 Å². The maximum Gasteiger partial charge on any atom is 0.433 e. The van der Waals surface area contributed by atoms with Crippen molar-refractivity contribution in [3.63, 3.8) is 0 Å². The van der Waals surface area contributed by atoms with E-state index < -0.39 is 17.8 Å². The van der Waals surface area contributed by atoms with E-state index >= 15 is 0 Å². The maximum absolute atomic E-state index is 13.4. The first-order valence-electron chi connectivity index (χ1n) is 9.57. The lowest BCUT2D eigenvalue weighted by Crippen LogP contribution is -2.16. The van der Waals surface area contributed by atoms with Gasteiger partial charge in [-0.05, 0) is 44.5 Å². The number of alkyl halides is 3. The van der Waals surface area contributed by atoms with Crippen LogP contribution in [0.3, 0.4) is 0 Å². The van der Waals surface area contributed by atoms with Gasteiger partial charge in [0.2, 0.25) is 0 Å². The second kappa shape index (κ2) is 7.94. The Kier molecular flexibility index (Phi) is 5.41. The highest BCUT2D eigenvalue weighted by Gasteiger charge is 2.35. The van der Waals surface area contributed by atoms with E-state index in [1.54, 1.807) is 24.6 Å². The number of aryl methyl sites for hydroxylation is 2. The van der Waals surface area contributed by atoms with E-state index in [1.807, 2.05) is 18.2 Å². The molecule has 3 aromatic heterocycles. The summed E-state index contributed by atoms with van der Waals surface area (Å²) in [5, 5.41) is 11.6. The van der Waals surface area contributed by atoms with Crippen molar-refractivity contribution < 1.29 is 18.0 Å². The van der Waals surface area contributed by atoms with Crippen LogP contribution in [0.4, 0.5) is 18.9 Å². The Morgan fingerprint density at radius 1 is 1.12 bits per heavy atom. The Bertz CT molecular complexity index is 1340. The molecule has 0 fully saturated rings. The molecule has 1 aromatic carbocycles. The standard InChI is InChI=1S/C21H18ClF3N6O/c1-11-7-17(21(23,24)25)31-18(26-11)9-16(29-31)20(32)27-19-12(2)28-30(13(19)3)10-14-5-4-6-15(22)8-14/h4-9H,10H2,1-3H3,(H,27,32). The van der Waals surface area contributed by atoms with Gasteiger partial charge in [-0.1, -0.05) is 23.7 Å². The number of anilines is 1. The average Bonchev–Trinajstić information content (AvgIpc) is 3.23. The summed E-state index contributed by atoms with van der Waals surface area (Å²) in [6.45, 7) is 5.41. The third-order valence-corrected chi connectivity index (χ3v) is 5.15. The van der Waals surface area contributed by atoms with E-state index in [9.17, 15) is 18.0 Å². The highest BCUT2D eigenvalue weighted by atomic mass is 35.5. The monoisotopic (exact) mass is 462 g/mol. The van der Waals surface area contributed by atoms with Crippen LogP contribution >= 0.6 is 11.6 Å². The number of carbonyl (C=O) groups is 1. The van der Waals surface area contributed by atoms with Gasteiger partial charge in [-0.15, -0.1) is 0 Å². The van der Waals surface area contributed by atoms with Crippen LogP contribution in [0, 0.1) is 20.8 Å². The maximum atomic E-state index is 13.4. The Morgan fingerprint density at radius 3 is 2.56 bits per heavy atom. The van der Waals surface area contributed by atoms with E-state index in [0.717, 1.165) is 11.6 Å². The number of hydrogen-bond acceptors (Lipinski definition) is 4. The van der Waals surface area contributed by atoms with Crippen LogP contribution in [0.25, 0.3) is 5.65 Å². The summed E-state index contributed by atoms with van der Waals surface area (Å²) >= 11 is 6.04. The molecule has 3 heterocycles. The molecule has 7 nitrogen and oxygen atoms in total. The van der Waals surface area contributed by atoms with Crippen molar-refractivity contribution in [2.45, 2.75) is 33.5 Å². The molecule has 0 aliphatic heterocycles. The lowest BCUT2D eigenvalue weighted by atomic mass is 10.2. The number of nitrogens with one attached hydrogen (secondary N) is 1. The predicted molar refractivity (Wildman–Crippen MR) is 113 cm³/mol. The molecule has 11 heteroatoms. The zero-order valence-electron chi connectivity index (χ0n) is 17.3. The predicted octanol–water partition coefficient (Wildman–Crippen LogP) is 4.82. The van der Waals surface area contributed by atoms with E-state index in [2.05, 4.69) is 20.5 Å². The first kappa shape index (κ1) is 21.8. The van der Waals surface area contributed by atoms with Crippen molar-refractivity contribution in [2.75, 3.05) is 5.32 Å². The van der Waals surface area contributed by atoms with Crippen LogP contribution < -0.4 is 5.32 Å². The molecule has 0 aliphatic carbocycles. The summed E-state index contributed by atoms with van der Waals surface area (Å²) in [4.78, 5) is 16.8. The molecule has 0 bridgehead atoms. The molecule has 166 valence electrons. The van der Waals surface area contributed by atoms with Gasteiger partial charge in [0.15, 0.2) is 11.3 Å². The lowest BCUT2D eigenvalue weighted by molar-refractivity contribution is -0.142. The minimum absolute atomic E-state index is 0.0624. The largest absolute Gasteiger partial charge is 0.433 e. The van der Waals surface area contributed by atoms with Crippen LogP contribution in [-0.2, 0) is 12.7 Å². The van der Waals surface area contributed by atoms with Crippen LogP contribution in [0.15, 0.2) is 36.4 Å². The molecule has 0 saturated heterocycles. The molecule has 0 atom stereocenters. The van der Waals surface area contributed by atoms with Crippen LogP contribution in [0.2, 0.25) is 5.02 Å². The van der Waals surface area contributed by atoms with Gasteiger partial charge in [0.05, 0.1) is 23.6 Å². The van der Waals surface area contributed by atoms with Crippen LogP contribution in [-0.4, -0.2) is 30.3 Å². The minimum atomic E-state index is -4.64. The Labute approximate surface area is 185 Å². The van der Waals surface area contributed by atoms with Crippen molar-refractivity contribution in [3.05, 3.63) is 75.5 Å². The van der Waals surface area contributed by atoms with Gasteiger partial charge in [0.25, 0.3) is 5.91 Å². The molecule has 32 heavy (non-hydrogen) atoms. The number of rotatable bonds is 4. The fourth-order valence-electron chi connectivity index (χ4n) is 3.43. The number of carbonyl (C=O) groups excluding carboxylic acids is 1. The molecule has 1 N–H and O–H groups in total. The third kappa shape index (κ3) is 4.18. The fourth-order valence-corrected chi connectivity index (χ4v) is 3.64. The molecular formula is C21H18ClF3N6O.